The highest BCUT2D eigenvalue weighted by Crippen LogP contribution is 2.36. The molecule has 0 spiro atoms. The van der Waals surface area contributed by atoms with Gasteiger partial charge in [0, 0.05) is 5.41 Å². The van der Waals surface area contributed by atoms with Gasteiger partial charge in [0.2, 0.25) is 0 Å². The van der Waals surface area contributed by atoms with Crippen LogP contribution in [0.15, 0.2) is 97.1 Å². The number of aromatic hydroxyl groups is 4. The van der Waals surface area contributed by atoms with Crippen molar-refractivity contribution in [1.29, 1.82) is 0 Å². The fourth-order valence-corrected chi connectivity index (χ4v) is 5.22. The highest BCUT2D eigenvalue weighted by Gasteiger charge is 2.27. The van der Waals surface area contributed by atoms with E-state index in [1.165, 1.54) is 11.1 Å². The summed E-state index contributed by atoms with van der Waals surface area (Å²) in [5.41, 5.74) is 5.29. The zero-order valence-electron chi connectivity index (χ0n) is 28.8. The summed E-state index contributed by atoms with van der Waals surface area (Å²) in [6, 6.07) is 29.4. The van der Waals surface area contributed by atoms with Crippen LogP contribution in [0.2, 0.25) is 0 Å². The average molecular weight is 615 g/mol. The lowest BCUT2D eigenvalue weighted by molar-refractivity contribution is -0.0980. The highest BCUT2D eigenvalue weighted by atomic mass is 16.3. The average Bonchev–Trinajstić information content (AvgIpc) is 2.94. The molecule has 0 atom stereocenters. The molecule has 0 aliphatic rings. The van der Waals surface area contributed by atoms with Crippen molar-refractivity contribution in [2.24, 2.45) is 5.41 Å². The zero-order valence-corrected chi connectivity index (χ0v) is 28.8. The van der Waals surface area contributed by atoms with Crippen molar-refractivity contribution in [2.75, 3.05) is 0 Å². The largest absolute Gasteiger partial charge is 0.508 e. The Morgan fingerprint density at radius 3 is 0.911 bits per heavy atom. The molecule has 0 radical (unpaired) electrons. The lowest BCUT2D eigenvalue weighted by Gasteiger charge is -2.33. The van der Waals surface area contributed by atoms with Crippen molar-refractivity contribution < 1.29 is 25.2 Å². The third-order valence-electron chi connectivity index (χ3n) is 7.53. The first-order valence-corrected chi connectivity index (χ1v) is 15.2. The lowest BCUT2D eigenvalue weighted by Crippen LogP contribution is -2.24. The molecule has 0 unspecified atom stereocenters. The summed E-state index contributed by atoms with van der Waals surface area (Å²) >= 11 is 0. The maximum atomic E-state index is 9.30. The van der Waals surface area contributed by atoms with E-state index in [2.05, 4.69) is 69.2 Å². The maximum Gasteiger partial charge on any atom is 0.115 e. The van der Waals surface area contributed by atoms with Crippen molar-refractivity contribution >= 4 is 6.79 Å². The fraction of sp³-hybridized carbons (Fsp3) is 0.375. The highest BCUT2D eigenvalue weighted by molar-refractivity contribution is 5.41. The van der Waals surface area contributed by atoms with E-state index >= 15 is 0 Å². The van der Waals surface area contributed by atoms with Gasteiger partial charge in [0.25, 0.3) is 0 Å². The summed E-state index contributed by atoms with van der Waals surface area (Å²) < 4.78 is 0. The molecule has 4 aromatic carbocycles. The molecule has 0 amide bonds. The van der Waals surface area contributed by atoms with Crippen molar-refractivity contribution in [3.63, 3.8) is 0 Å². The van der Waals surface area contributed by atoms with Crippen LogP contribution >= 0.6 is 0 Å². The Balaban J connectivity index is 0.000000335. The van der Waals surface area contributed by atoms with Crippen LogP contribution in [0.4, 0.5) is 0 Å². The van der Waals surface area contributed by atoms with Gasteiger partial charge < -0.3 is 25.2 Å². The molecular formula is C40H54O5. The normalized spacial score (nSPS) is 11.5. The quantitative estimate of drug-likeness (QED) is 0.183. The van der Waals surface area contributed by atoms with Gasteiger partial charge in [-0.1, -0.05) is 118 Å². The van der Waals surface area contributed by atoms with Crippen LogP contribution in [0, 0.1) is 5.41 Å². The molecule has 244 valence electrons. The molecule has 0 heterocycles. The number of benzene rings is 4. The summed E-state index contributed by atoms with van der Waals surface area (Å²) in [6.45, 7) is 24.0. The van der Waals surface area contributed by atoms with Gasteiger partial charge in [-0.05, 0) is 93.5 Å². The number of rotatable bonds is 4. The van der Waals surface area contributed by atoms with E-state index in [0.29, 0.717) is 16.9 Å². The Labute approximate surface area is 271 Å². The minimum atomic E-state index is -0.151. The molecule has 0 saturated carbocycles. The molecular weight excluding hydrogens is 560 g/mol. The molecule has 4 aromatic rings. The predicted molar refractivity (Wildman–Crippen MR) is 187 cm³/mol. The second-order valence-corrected chi connectivity index (χ2v) is 14.7. The Bertz CT molecular complexity index is 1360. The van der Waals surface area contributed by atoms with Gasteiger partial charge in [-0.3, -0.25) is 0 Å². The van der Waals surface area contributed by atoms with E-state index in [1.54, 1.807) is 48.5 Å². The van der Waals surface area contributed by atoms with E-state index < -0.39 is 0 Å². The number of phenols is 4. The summed E-state index contributed by atoms with van der Waals surface area (Å²) in [6.07, 6.45) is 1.13. The van der Waals surface area contributed by atoms with Crippen LogP contribution in [0.3, 0.4) is 0 Å². The Morgan fingerprint density at radius 2 is 0.667 bits per heavy atom. The van der Waals surface area contributed by atoms with Crippen molar-refractivity contribution in [2.45, 2.75) is 91.9 Å². The first kappa shape index (κ1) is 38.8. The van der Waals surface area contributed by atoms with E-state index in [1.807, 2.05) is 55.3 Å². The van der Waals surface area contributed by atoms with Crippen LogP contribution in [-0.4, -0.2) is 27.2 Å². The molecule has 0 bridgehead atoms. The first-order chi connectivity index (χ1) is 20.7. The second kappa shape index (κ2) is 16.2. The number of hydrogen-bond acceptors (Lipinski definition) is 5. The van der Waals surface area contributed by atoms with E-state index in [-0.39, 0.29) is 27.7 Å². The van der Waals surface area contributed by atoms with Gasteiger partial charge in [-0.25, -0.2) is 0 Å². The van der Waals surface area contributed by atoms with Gasteiger partial charge in [0.15, 0.2) is 0 Å². The molecule has 45 heavy (non-hydrogen) atoms. The van der Waals surface area contributed by atoms with Gasteiger partial charge in [-0.2, -0.15) is 0 Å². The maximum absolute atomic E-state index is 9.30. The minimum Gasteiger partial charge on any atom is -0.508 e. The van der Waals surface area contributed by atoms with Gasteiger partial charge in [0.05, 0.1) is 0 Å². The molecule has 4 rings (SSSR count). The van der Waals surface area contributed by atoms with Crippen LogP contribution < -0.4 is 0 Å². The molecule has 5 nitrogen and oxygen atoms in total. The second-order valence-electron chi connectivity index (χ2n) is 14.7. The topological polar surface area (TPSA) is 98.0 Å². The Hall–Kier alpha value is -4.25. The number of hydrogen-bond donors (Lipinski definition) is 4. The van der Waals surface area contributed by atoms with Crippen molar-refractivity contribution in [1.82, 2.24) is 0 Å². The predicted octanol–water partition coefficient (Wildman–Crippen LogP) is 10.0. The summed E-state index contributed by atoms with van der Waals surface area (Å²) in [4.78, 5) is 8.00. The molecule has 0 saturated heterocycles. The molecule has 0 aromatic heterocycles. The van der Waals surface area contributed by atoms with Crippen LogP contribution in [-0.2, 0) is 21.0 Å². The van der Waals surface area contributed by atoms with Crippen molar-refractivity contribution in [3.8, 4) is 23.0 Å². The summed E-state index contributed by atoms with van der Waals surface area (Å²) in [5, 5.41) is 36.9. The van der Waals surface area contributed by atoms with Gasteiger partial charge >= 0.3 is 0 Å². The third kappa shape index (κ3) is 13.1. The van der Waals surface area contributed by atoms with Gasteiger partial charge in [0.1, 0.15) is 29.8 Å². The standard InChI is InChI=1S/C15H16O2.C14H22O.C10H14O.CH2O/c1-15(2,11-3-7-13(16)8-4-11)12-5-9-14(17)10-6-12;1-13(2,3)10-14(4,5)11-6-8-12(15)9-7-11;1-10(2,3)8-4-6-9(11)7-5-8;1-2/h3-10,16-17H,1-2H3;6-9,15H,10H2,1-5H3;4-7,11H,1-3H3;1H2. The third-order valence-corrected chi connectivity index (χ3v) is 7.53. The monoisotopic (exact) mass is 614 g/mol. The van der Waals surface area contributed by atoms with E-state index in [9.17, 15) is 15.3 Å². The SMILES string of the molecule is C=O.CC(C)(C)CC(C)(C)c1ccc(O)cc1.CC(C)(C)c1ccc(O)cc1.CC(C)(c1ccc(O)cc1)c1ccc(O)cc1. The van der Waals surface area contributed by atoms with E-state index in [4.69, 9.17) is 9.90 Å². The minimum absolute atomic E-state index is 0.151. The fourth-order valence-electron chi connectivity index (χ4n) is 5.22. The summed E-state index contributed by atoms with van der Waals surface area (Å²) in [5.74, 6) is 1.22. The summed E-state index contributed by atoms with van der Waals surface area (Å²) in [7, 11) is 0. The number of carbonyl (C=O) groups is 1. The van der Waals surface area contributed by atoms with Crippen molar-refractivity contribution in [3.05, 3.63) is 119 Å². The van der Waals surface area contributed by atoms with Crippen LogP contribution in [0.25, 0.3) is 0 Å². The first-order valence-electron chi connectivity index (χ1n) is 15.2. The Kier molecular flexibility index (Phi) is 13.9. The van der Waals surface area contributed by atoms with E-state index in [0.717, 1.165) is 17.5 Å². The molecule has 0 aliphatic heterocycles. The van der Waals surface area contributed by atoms with Crippen LogP contribution in [0.5, 0.6) is 23.0 Å². The molecule has 4 N–H and O–H groups in total. The molecule has 0 aliphatic carbocycles. The van der Waals surface area contributed by atoms with Gasteiger partial charge in [-0.15, -0.1) is 0 Å². The smallest absolute Gasteiger partial charge is 0.115 e. The molecule has 0 fully saturated rings. The number of phenolic OH excluding ortho intramolecular Hbond substituents is 4. The lowest BCUT2D eigenvalue weighted by atomic mass is 9.72. The zero-order chi connectivity index (χ0) is 34.6. The molecule has 5 heteroatoms. The Morgan fingerprint density at radius 1 is 0.422 bits per heavy atom. The number of carbonyl (C=O) groups excluding carboxylic acids is 1. The van der Waals surface area contributed by atoms with Crippen LogP contribution in [0.1, 0.15) is 97.9 Å².